The third kappa shape index (κ3) is 5.15. The van der Waals surface area contributed by atoms with Crippen LogP contribution in [0, 0.1) is 0 Å². The van der Waals surface area contributed by atoms with E-state index in [0.29, 0.717) is 5.82 Å². The fourth-order valence-electron chi connectivity index (χ4n) is 8.41. The third-order valence-corrected chi connectivity index (χ3v) is 11.0. The van der Waals surface area contributed by atoms with E-state index in [9.17, 15) is 0 Å². The smallest absolute Gasteiger partial charge is 0.160 e. The maximum Gasteiger partial charge on any atom is 0.160 e. The van der Waals surface area contributed by atoms with Gasteiger partial charge in [-0.25, -0.2) is 9.97 Å². The zero-order chi connectivity index (χ0) is 37.0. The molecule has 0 aliphatic rings. The minimum Gasteiger partial charge on any atom is -0.309 e. The van der Waals surface area contributed by atoms with Crippen molar-refractivity contribution in [2.24, 2.45) is 0 Å². The highest BCUT2D eigenvalue weighted by atomic mass is 15.0. The number of para-hydroxylation sites is 4. The van der Waals surface area contributed by atoms with E-state index in [4.69, 9.17) is 9.97 Å². The van der Waals surface area contributed by atoms with E-state index in [2.05, 4.69) is 203 Å². The van der Waals surface area contributed by atoms with E-state index in [-0.39, 0.29) is 0 Å². The fourth-order valence-corrected chi connectivity index (χ4v) is 8.41. The average molecular weight is 715 g/mol. The van der Waals surface area contributed by atoms with Gasteiger partial charge >= 0.3 is 0 Å². The van der Waals surface area contributed by atoms with Gasteiger partial charge in [0.2, 0.25) is 0 Å². The van der Waals surface area contributed by atoms with Gasteiger partial charge in [-0.1, -0.05) is 164 Å². The molecule has 0 amide bonds. The topological polar surface area (TPSA) is 35.6 Å². The zero-order valence-electron chi connectivity index (χ0n) is 30.4. The first-order valence-electron chi connectivity index (χ1n) is 19.0. The van der Waals surface area contributed by atoms with Crippen molar-refractivity contribution < 1.29 is 0 Å². The average Bonchev–Trinajstić information content (AvgIpc) is 3.80. The Morgan fingerprint density at radius 3 is 1.64 bits per heavy atom. The maximum absolute atomic E-state index is 5.34. The third-order valence-electron chi connectivity index (χ3n) is 11.0. The molecule has 11 aromatic rings. The first kappa shape index (κ1) is 31.9. The highest BCUT2D eigenvalue weighted by Crippen LogP contribution is 2.43. The Kier molecular flexibility index (Phi) is 7.46. The lowest BCUT2D eigenvalue weighted by Gasteiger charge is -2.15. The van der Waals surface area contributed by atoms with E-state index < -0.39 is 0 Å². The first-order valence-corrected chi connectivity index (χ1v) is 19.0. The number of fused-ring (bicyclic) bond motifs is 7. The lowest BCUT2D eigenvalue weighted by atomic mass is 10.0. The maximum atomic E-state index is 5.34. The summed E-state index contributed by atoms with van der Waals surface area (Å²) in [5.74, 6) is 0.687. The molecule has 3 aromatic heterocycles. The summed E-state index contributed by atoms with van der Waals surface area (Å²) in [5, 5.41) is 4.90. The summed E-state index contributed by atoms with van der Waals surface area (Å²) < 4.78 is 4.85. The largest absolute Gasteiger partial charge is 0.309 e. The molecule has 4 nitrogen and oxygen atoms in total. The minimum atomic E-state index is 0.687. The number of aromatic nitrogens is 4. The second kappa shape index (κ2) is 13.1. The molecule has 0 aliphatic heterocycles. The van der Waals surface area contributed by atoms with Crippen LogP contribution in [0.25, 0.3) is 100 Å². The molecule has 0 N–H and O–H groups in total. The summed E-state index contributed by atoms with van der Waals surface area (Å²) in [6.45, 7) is 0. The number of hydrogen-bond donors (Lipinski definition) is 0. The molecule has 3 heterocycles. The molecule has 4 heteroatoms. The Hall–Kier alpha value is -7.56. The SMILES string of the molecule is c1ccc(-c2ccc(-c3nc(-c4ccccc4)cc(-c4ccccc4-n4c5ccccc5c5c4ccc4c6ccccc6n(-c6ccccc6)c45)n3)cc2)cc1. The van der Waals surface area contributed by atoms with Gasteiger partial charge in [-0.2, -0.15) is 0 Å². The Balaban J connectivity index is 1.16. The Morgan fingerprint density at radius 2 is 0.893 bits per heavy atom. The summed E-state index contributed by atoms with van der Waals surface area (Å²) >= 11 is 0. The lowest BCUT2D eigenvalue weighted by molar-refractivity contribution is 1.15. The molecule has 0 saturated carbocycles. The molecule has 8 aromatic carbocycles. The first-order chi connectivity index (χ1) is 27.8. The van der Waals surface area contributed by atoms with Crippen molar-refractivity contribution in [1.29, 1.82) is 0 Å². The normalized spacial score (nSPS) is 11.6. The van der Waals surface area contributed by atoms with Crippen molar-refractivity contribution in [2.75, 3.05) is 0 Å². The summed E-state index contributed by atoms with van der Waals surface area (Å²) in [5.41, 5.74) is 14.0. The predicted molar refractivity (Wildman–Crippen MR) is 232 cm³/mol. The minimum absolute atomic E-state index is 0.687. The second-order valence-corrected chi connectivity index (χ2v) is 14.2. The molecule has 0 saturated heterocycles. The number of rotatable bonds is 6. The highest BCUT2D eigenvalue weighted by molar-refractivity contribution is 6.26. The molecule has 11 rings (SSSR count). The molecule has 56 heavy (non-hydrogen) atoms. The van der Waals surface area contributed by atoms with Gasteiger partial charge in [-0.15, -0.1) is 0 Å². The van der Waals surface area contributed by atoms with Gasteiger partial charge in [0, 0.05) is 43.9 Å². The fraction of sp³-hybridized carbons (Fsp3) is 0. The molecule has 0 spiro atoms. The standard InChI is InChI=1S/C52H34N4/c1-4-16-35(17-5-1)36-28-30-38(31-29-36)52-53-44(37-18-6-2-7-19-37)34-45(54-52)42-23-11-14-26-47(42)56-48-27-15-12-24-43(48)50-49(56)33-32-41-40-22-10-13-25-46(40)55(51(41)50)39-20-8-3-9-21-39/h1-34H. The Morgan fingerprint density at radius 1 is 0.339 bits per heavy atom. The van der Waals surface area contributed by atoms with Crippen molar-refractivity contribution in [3.8, 4) is 56.4 Å². The van der Waals surface area contributed by atoms with E-state index in [0.717, 1.165) is 56.0 Å². The number of nitrogens with zero attached hydrogens (tertiary/aromatic N) is 4. The van der Waals surface area contributed by atoms with E-state index in [1.165, 1.54) is 38.1 Å². The molecule has 0 aliphatic carbocycles. The summed E-state index contributed by atoms with van der Waals surface area (Å²) in [4.78, 5) is 10.5. The van der Waals surface area contributed by atoms with Crippen LogP contribution in [0.15, 0.2) is 206 Å². The van der Waals surface area contributed by atoms with Crippen molar-refractivity contribution in [1.82, 2.24) is 19.1 Å². The molecule has 0 radical (unpaired) electrons. The Labute approximate surface area is 324 Å². The van der Waals surface area contributed by atoms with Gasteiger partial charge in [-0.05, 0) is 53.6 Å². The summed E-state index contributed by atoms with van der Waals surface area (Å²) in [6, 6.07) is 73.1. The molecular weight excluding hydrogens is 681 g/mol. The van der Waals surface area contributed by atoms with Gasteiger partial charge in [0.05, 0.1) is 39.1 Å². The number of hydrogen-bond acceptors (Lipinski definition) is 2. The van der Waals surface area contributed by atoms with Crippen molar-refractivity contribution >= 4 is 43.6 Å². The van der Waals surface area contributed by atoms with Crippen molar-refractivity contribution in [3.05, 3.63) is 206 Å². The summed E-state index contributed by atoms with van der Waals surface area (Å²) in [7, 11) is 0. The van der Waals surface area contributed by atoms with Gasteiger partial charge < -0.3 is 9.13 Å². The van der Waals surface area contributed by atoms with Crippen molar-refractivity contribution in [3.63, 3.8) is 0 Å². The zero-order valence-corrected chi connectivity index (χ0v) is 30.4. The predicted octanol–water partition coefficient (Wildman–Crippen LogP) is 13.3. The number of benzene rings is 8. The van der Waals surface area contributed by atoms with Crippen LogP contribution in [0.5, 0.6) is 0 Å². The van der Waals surface area contributed by atoms with E-state index in [1.807, 2.05) is 12.1 Å². The van der Waals surface area contributed by atoms with Gasteiger partial charge in [-0.3, -0.25) is 0 Å². The van der Waals surface area contributed by atoms with Crippen molar-refractivity contribution in [2.45, 2.75) is 0 Å². The highest BCUT2D eigenvalue weighted by Gasteiger charge is 2.22. The Bertz CT molecular complexity index is 3220. The molecule has 0 bridgehead atoms. The van der Waals surface area contributed by atoms with E-state index >= 15 is 0 Å². The summed E-state index contributed by atoms with van der Waals surface area (Å²) in [6.07, 6.45) is 0. The van der Waals surface area contributed by atoms with Crippen LogP contribution in [-0.4, -0.2) is 19.1 Å². The van der Waals surface area contributed by atoms with Gasteiger partial charge in [0.1, 0.15) is 0 Å². The van der Waals surface area contributed by atoms with E-state index in [1.54, 1.807) is 0 Å². The van der Waals surface area contributed by atoms with Gasteiger partial charge in [0.25, 0.3) is 0 Å². The molecule has 0 unspecified atom stereocenters. The molecule has 0 fully saturated rings. The molecule has 262 valence electrons. The van der Waals surface area contributed by atoms with Gasteiger partial charge in [0.15, 0.2) is 5.82 Å². The van der Waals surface area contributed by atoms with Crippen LogP contribution in [0.2, 0.25) is 0 Å². The van der Waals surface area contributed by atoms with Crippen LogP contribution in [0.4, 0.5) is 0 Å². The quantitative estimate of drug-likeness (QED) is 0.172. The van der Waals surface area contributed by atoms with Crippen LogP contribution in [-0.2, 0) is 0 Å². The molecular formula is C52H34N4. The monoisotopic (exact) mass is 714 g/mol. The molecule has 0 atom stereocenters. The van der Waals surface area contributed by atoms with Crippen LogP contribution in [0.1, 0.15) is 0 Å². The van der Waals surface area contributed by atoms with Crippen LogP contribution in [0.3, 0.4) is 0 Å². The second-order valence-electron chi connectivity index (χ2n) is 14.2. The van der Waals surface area contributed by atoms with Crippen LogP contribution < -0.4 is 0 Å². The lowest BCUT2D eigenvalue weighted by Crippen LogP contribution is -2.01. The van der Waals surface area contributed by atoms with Crippen LogP contribution >= 0.6 is 0 Å².